The number of anilines is 2. The van der Waals surface area contributed by atoms with Crippen LogP contribution >= 0.6 is 11.6 Å². The van der Waals surface area contributed by atoms with E-state index in [4.69, 9.17) is 11.6 Å². The number of hydrogen-bond acceptors (Lipinski definition) is 3. The molecule has 3 aromatic carbocycles. The smallest absolute Gasteiger partial charge is 0.128 e. The SMILES string of the molecule is CN1c2ccccc2C(c2ccccc2F)NCC1CNc1ccc(Cl)cc1. The zero-order chi connectivity index (χ0) is 19.5. The van der Waals surface area contributed by atoms with Crippen molar-refractivity contribution in [2.24, 2.45) is 0 Å². The van der Waals surface area contributed by atoms with E-state index < -0.39 is 0 Å². The molecular weight excluding hydrogens is 373 g/mol. The molecule has 0 saturated carbocycles. The van der Waals surface area contributed by atoms with Crippen molar-refractivity contribution in [1.82, 2.24) is 5.32 Å². The quantitative estimate of drug-likeness (QED) is 0.644. The Kier molecular flexibility index (Phi) is 5.51. The molecule has 1 aliphatic heterocycles. The number of hydrogen-bond donors (Lipinski definition) is 2. The van der Waals surface area contributed by atoms with Crippen molar-refractivity contribution in [3.63, 3.8) is 0 Å². The van der Waals surface area contributed by atoms with Gasteiger partial charge in [-0.1, -0.05) is 48.0 Å². The number of nitrogens with zero attached hydrogens (tertiary/aromatic N) is 1. The molecule has 0 fully saturated rings. The monoisotopic (exact) mass is 395 g/mol. The lowest BCUT2D eigenvalue weighted by Gasteiger charge is -2.29. The second-order valence-electron chi connectivity index (χ2n) is 7.07. The third-order valence-electron chi connectivity index (χ3n) is 5.34. The van der Waals surface area contributed by atoms with Gasteiger partial charge in [0.1, 0.15) is 5.82 Å². The number of fused-ring (bicyclic) bond motifs is 1. The molecule has 4 rings (SSSR count). The Bertz CT molecular complexity index is 945. The molecule has 1 heterocycles. The molecule has 0 aromatic heterocycles. The topological polar surface area (TPSA) is 27.3 Å². The highest BCUT2D eigenvalue weighted by Gasteiger charge is 2.28. The number of benzene rings is 3. The molecule has 5 heteroatoms. The molecule has 2 unspecified atom stereocenters. The van der Waals surface area contributed by atoms with Gasteiger partial charge in [-0.3, -0.25) is 0 Å². The van der Waals surface area contributed by atoms with Gasteiger partial charge in [-0.15, -0.1) is 0 Å². The van der Waals surface area contributed by atoms with Gasteiger partial charge in [0.05, 0.1) is 12.1 Å². The largest absolute Gasteiger partial charge is 0.383 e. The normalized spacial score (nSPS) is 19.0. The van der Waals surface area contributed by atoms with Gasteiger partial charge in [0.25, 0.3) is 0 Å². The van der Waals surface area contributed by atoms with Crippen LogP contribution in [0.3, 0.4) is 0 Å². The first-order valence-electron chi connectivity index (χ1n) is 9.42. The summed E-state index contributed by atoms with van der Waals surface area (Å²) >= 11 is 5.97. The number of para-hydroxylation sites is 1. The lowest BCUT2D eigenvalue weighted by Crippen LogP contribution is -2.43. The van der Waals surface area contributed by atoms with E-state index in [9.17, 15) is 4.39 Å². The van der Waals surface area contributed by atoms with Crippen molar-refractivity contribution in [3.8, 4) is 0 Å². The van der Waals surface area contributed by atoms with E-state index in [2.05, 4.69) is 34.7 Å². The maximum atomic E-state index is 14.5. The first kappa shape index (κ1) is 18.8. The Hall–Kier alpha value is -2.56. The molecule has 0 radical (unpaired) electrons. The summed E-state index contributed by atoms with van der Waals surface area (Å²) in [5, 5.41) is 7.78. The predicted octanol–water partition coefficient (Wildman–Crippen LogP) is 5.09. The first-order chi connectivity index (χ1) is 13.6. The number of nitrogens with one attached hydrogen (secondary N) is 2. The fourth-order valence-corrected chi connectivity index (χ4v) is 3.88. The molecule has 0 aliphatic carbocycles. The van der Waals surface area contributed by atoms with Gasteiger partial charge >= 0.3 is 0 Å². The number of halogens is 2. The standard InChI is InChI=1S/C23H23ClFN3/c1-28-18(14-26-17-12-10-16(24)11-13-17)15-27-23(19-6-2-4-8-21(19)25)20-7-3-5-9-22(20)28/h2-13,18,23,26-27H,14-15H2,1H3. The minimum absolute atomic E-state index is 0.180. The van der Waals surface area contributed by atoms with Gasteiger partial charge in [-0.25, -0.2) is 4.39 Å². The van der Waals surface area contributed by atoms with Crippen LogP contribution in [0.15, 0.2) is 72.8 Å². The van der Waals surface area contributed by atoms with Crippen molar-refractivity contribution in [2.75, 3.05) is 30.4 Å². The van der Waals surface area contributed by atoms with E-state index in [-0.39, 0.29) is 17.9 Å². The zero-order valence-corrected chi connectivity index (χ0v) is 16.5. The molecule has 0 bridgehead atoms. The molecule has 3 aromatic rings. The molecule has 0 saturated heterocycles. The van der Waals surface area contributed by atoms with Gasteiger partial charge < -0.3 is 15.5 Å². The van der Waals surface area contributed by atoms with Crippen molar-refractivity contribution < 1.29 is 4.39 Å². The van der Waals surface area contributed by atoms with Gasteiger partial charge in [0.2, 0.25) is 0 Å². The molecule has 3 nitrogen and oxygen atoms in total. The lowest BCUT2D eigenvalue weighted by atomic mass is 9.97. The van der Waals surface area contributed by atoms with Crippen molar-refractivity contribution in [1.29, 1.82) is 0 Å². The fourth-order valence-electron chi connectivity index (χ4n) is 3.75. The van der Waals surface area contributed by atoms with Gasteiger partial charge in [0.15, 0.2) is 0 Å². The van der Waals surface area contributed by atoms with Gasteiger partial charge in [0, 0.05) is 42.1 Å². The van der Waals surface area contributed by atoms with Gasteiger partial charge in [-0.05, 0) is 42.0 Å². The number of likely N-dealkylation sites (N-methyl/N-ethyl adjacent to an activating group) is 1. The highest BCUT2D eigenvalue weighted by molar-refractivity contribution is 6.30. The molecule has 0 amide bonds. The summed E-state index contributed by atoms with van der Waals surface area (Å²) in [5.41, 5.74) is 3.91. The summed E-state index contributed by atoms with van der Waals surface area (Å²) in [6.07, 6.45) is 0. The van der Waals surface area contributed by atoms with Crippen molar-refractivity contribution in [3.05, 3.63) is 94.8 Å². The average molecular weight is 396 g/mol. The summed E-state index contributed by atoms with van der Waals surface area (Å²) < 4.78 is 14.5. The van der Waals surface area contributed by atoms with E-state index in [1.54, 1.807) is 6.07 Å². The molecule has 2 atom stereocenters. The Morgan fingerprint density at radius 1 is 1.00 bits per heavy atom. The second-order valence-corrected chi connectivity index (χ2v) is 7.51. The van der Waals surface area contributed by atoms with Crippen LogP contribution in [-0.2, 0) is 0 Å². The van der Waals surface area contributed by atoms with Crippen LogP contribution in [-0.4, -0.2) is 26.2 Å². The summed E-state index contributed by atoms with van der Waals surface area (Å²) in [7, 11) is 2.10. The highest BCUT2D eigenvalue weighted by Crippen LogP contribution is 2.34. The maximum absolute atomic E-state index is 14.5. The summed E-state index contributed by atoms with van der Waals surface area (Å²) in [6, 6.07) is 22.9. The zero-order valence-electron chi connectivity index (χ0n) is 15.7. The van der Waals surface area contributed by atoms with E-state index in [0.717, 1.165) is 35.1 Å². The van der Waals surface area contributed by atoms with E-state index in [1.165, 1.54) is 6.07 Å². The minimum atomic E-state index is -0.185. The third-order valence-corrected chi connectivity index (χ3v) is 5.59. The van der Waals surface area contributed by atoms with Crippen LogP contribution < -0.4 is 15.5 Å². The Morgan fingerprint density at radius 2 is 1.68 bits per heavy atom. The van der Waals surface area contributed by atoms with Crippen LogP contribution in [0.1, 0.15) is 17.2 Å². The van der Waals surface area contributed by atoms with Crippen LogP contribution in [0.2, 0.25) is 5.02 Å². The summed E-state index contributed by atoms with van der Waals surface area (Å²) in [6.45, 7) is 1.48. The van der Waals surface area contributed by atoms with Gasteiger partial charge in [-0.2, -0.15) is 0 Å². The van der Waals surface area contributed by atoms with Crippen molar-refractivity contribution >= 4 is 23.0 Å². The lowest BCUT2D eigenvalue weighted by molar-refractivity contribution is 0.527. The van der Waals surface area contributed by atoms with E-state index >= 15 is 0 Å². The summed E-state index contributed by atoms with van der Waals surface area (Å²) in [4.78, 5) is 2.27. The Balaban J connectivity index is 1.60. The Labute approximate surface area is 170 Å². The van der Waals surface area contributed by atoms with Crippen LogP contribution in [0.5, 0.6) is 0 Å². The Morgan fingerprint density at radius 3 is 2.43 bits per heavy atom. The average Bonchev–Trinajstić information content (AvgIpc) is 2.85. The second kappa shape index (κ2) is 8.21. The van der Waals surface area contributed by atoms with Crippen LogP contribution in [0.4, 0.5) is 15.8 Å². The van der Waals surface area contributed by atoms with Crippen LogP contribution in [0, 0.1) is 5.82 Å². The molecule has 28 heavy (non-hydrogen) atoms. The predicted molar refractivity (Wildman–Crippen MR) is 115 cm³/mol. The van der Waals surface area contributed by atoms with E-state index in [1.807, 2.05) is 48.5 Å². The molecule has 1 aliphatic rings. The molecule has 144 valence electrons. The molecule has 0 spiro atoms. The molecule has 2 N–H and O–H groups in total. The minimum Gasteiger partial charge on any atom is -0.383 e. The van der Waals surface area contributed by atoms with Crippen molar-refractivity contribution in [2.45, 2.75) is 12.1 Å². The summed E-state index contributed by atoms with van der Waals surface area (Å²) in [5.74, 6) is -0.185. The highest BCUT2D eigenvalue weighted by atomic mass is 35.5. The third kappa shape index (κ3) is 3.84. The molecular formula is C23H23ClFN3. The maximum Gasteiger partial charge on any atom is 0.128 e. The fraction of sp³-hybridized carbons (Fsp3) is 0.217. The van der Waals surface area contributed by atoms with Crippen LogP contribution in [0.25, 0.3) is 0 Å². The first-order valence-corrected chi connectivity index (χ1v) is 9.80. The number of rotatable bonds is 4. The van der Waals surface area contributed by atoms with E-state index in [0.29, 0.717) is 5.56 Å².